The van der Waals surface area contributed by atoms with Crippen LogP contribution >= 0.6 is 0 Å². The van der Waals surface area contributed by atoms with Crippen molar-refractivity contribution in [3.8, 4) is 0 Å². The van der Waals surface area contributed by atoms with Crippen molar-refractivity contribution in [3.63, 3.8) is 0 Å². The van der Waals surface area contributed by atoms with E-state index in [1.54, 1.807) is 0 Å². The highest BCUT2D eigenvalue weighted by atomic mass is 32.2. The quantitative estimate of drug-likeness (QED) is 0.559. The van der Waals surface area contributed by atoms with E-state index >= 15 is 0 Å². The Bertz CT molecular complexity index is 301. The van der Waals surface area contributed by atoms with Crippen molar-refractivity contribution in [3.05, 3.63) is 0 Å². The molecule has 0 radical (unpaired) electrons. The van der Waals surface area contributed by atoms with Crippen LogP contribution in [0.5, 0.6) is 0 Å². The highest BCUT2D eigenvalue weighted by Gasteiger charge is 2.24. The SMILES string of the molecule is CCCCCCCCCC(NCC)C(C)S(C)(=O)=O. The second-order valence-corrected chi connectivity index (χ2v) is 8.01. The number of hydrogen-bond donors (Lipinski definition) is 1. The van der Waals surface area contributed by atoms with Crippen molar-refractivity contribution in [2.24, 2.45) is 0 Å². The van der Waals surface area contributed by atoms with Gasteiger partial charge in [0, 0.05) is 12.3 Å². The molecule has 0 bridgehead atoms. The first-order valence-electron chi connectivity index (χ1n) is 7.85. The highest BCUT2D eigenvalue weighted by molar-refractivity contribution is 7.91. The van der Waals surface area contributed by atoms with Gasteiger partial charge in [-0.3, -0.25) is 0 Å². The summed E-state index contributed by atoms with van der Waals surface area (Å²) in [4.78, 5) is 0. The summed E-state index contributed by atoms with van der Waals surface area (Å²) in [6, 6.07) is 0.107. The number of nitrogens with one attached hydrogen (secondary N) is 1. The fourth-order valence-corrected chi connectivity index (χ4v) is 3.21. The van der Waals surface area contributed by atoms with Gasteiger partial charge >= 0.3 is 0 Å². The molecule has 4 heteroatoms. The monoisotopic (exact) mass is 291 g/mol. The molecule has 2 atom stereocenters. The molecule has 0 aliphatic rings. The lowest BCUT2D eigenvalue weighted by molar-refractivity contribution is 0.445. The Balaban J connectivity index is 3.89. The first kappa shape index (κ1) is 18.9. The van der Waals surface area contributed by atoms with Crippen molar-refractivity contribution in [1.82, 2.24) is 5.32 Å². The zero-order valence-corrected chi connectivity index (χ0v) is 14.1. The van der Waals surface area contributed by atoms with Gasteiger partial charge < -0.3 is 5.32 Å². The number of hydrogen-bond acceptors (Lipinski definition) is 3. The Morgan fingerprint density at radius 1 is 0.947 bits per heavy atom. The van der Waals surface area contributed by atoms with Gasteiger partial charge in [-0.05, 0) is 19.9 Å². The summed E-state index contributed by atoms with van der Waals surface area (Å²) in [6.07, 6.45) is 11.2. The van der Waals surface area contributed by atoms with Gasteiger partial charge in [0.15, 0.2) is 9.84 Å². The Labute approximate surface area is 120 Å². The van der Waals surface area contributed by atoms with E-state index in [4.69, 9.17) is 0 Å². The van der Waals surface area contributed by atoms with Gasteiger partial charge in [-0.1, -0.05) is 58.8 Å². The first-order chi connectivity index (χ1) is 8.93. The molecule has 19 heavy (non-hydrogen) atoms. The van der Waals surface area contributed by atoms with Gasteiger partial charge in [0.2, 0.25) is 0 Å². The van der Waals surface area contributed by atoms with Gasteiger partial charge in [0.05, 0.1) is 5.25 Å². The van der Waals surface area contributed by atoms with Crippen molar-refractivity contribution in [2.75, 3.05) is 12.8 Å². The lowest BCUT2D eigenvalue weighted by Crippen LogP contribution is -2.42. The molecule has 0 saturated carbocycles. The summed E-state index contributed by atoms with van der Waals surface area (Å²) in [6.45, 7) is 6.92. The molecular formula is C15H33NO2S. The fraction of sp³-hybridized carbons (Fsp3) is 1.00. The third kappa shape index (κ3) is 9.44. The van der Waals surface area contributed by atoms with Crippen LogP contribution in [0.2, 0.25) is 0 Å². The van der Waals surface area contributed by atoms with Crippen LogP contribution in [-0.4, -0.2) is 32.5 Å². The zero-order valence-electron chi connectivity index (χ0n) is 13.2. The highest BCUT2D eigenvalue weighted by Crippen LogP contribution is 2.14. The largest absolute Gasteiger partial charge is 0.313 e. The van der Waals surface area contributed by atoms with Gasteiger partial charge in [-0.2, -0.15) is 0 Å². The lowest BCUT2D eigenvalue weighted by Gasteiger charge is -2.23. The first-order valence-corrected chi connectivity index (χ1v) is 9.81. The summed E-state index contributed by atoms with van der Waals surface area (Å²) in [5.74, 6) is 0. The molecule has 0 saturated heterocycles. The molecule has 0 aliphatic carbocycles. The molecule has 3 nitrogen and oxygen atoms in total. The Morgan fingerprint density at radius 2 is 1.47 bits per heavy atom. The van der Waals surface area contributed by atoms with Gasteiger partial charge in [0.25, 0.3) is 0 Å². The van der Waals surface area contributed by atoms with Crippen LogP contribution < -0.4 is 5.32 Å². The van der Waals surface area contributed by atoms with Crippen molar-refractivity contribution < 1.29 is 8.42 Å². The van der Waals surface area contributed by atoms with E-state index in [0.717, 1.165) is 19.4 Å². The Hall–Kier alpha value is -0.0900. The molecule has 0 aromatic carbocycles. The zero-order chi connectivity index (χ0) is 14.7. The number of sulfone groups is 1. The molecule has 0 fully saturated rings. The lowest BCUT2D eigenvalue weighted by atomic mass is 10.0. The fourth-order valence-electron chi connectivity index (χ4n) is 2.38. The molecule has 0 aromatic rings. The van der Waals surface area contributed by atoms with Crippen LogP contribution in [0, 0.1) is 0 Å². The van der Waals surface area contributed by atoms with Crippen LogP contribution in [0.1, 0.15) is 72.1 Å². The minimum absolute atomic E-state index is 0.107. The van der Waals surface area contributed by atoms with Gasteiger partial charge in [0.1, 0.15) is 0 Å². The van der Waals surface area contributed by atoms with E-state index in [1.807, 2.05) is 13.8 Å². The maximum atomic E-state index is 11.6. The Morgan fingerprint density at radius 3 is 1.95 bits per heavy atom. The van der Waals surface area contributed by atoms with Crippen LogP contribution in [-0.2, 0) is 9.84 Å². The van der Waals surface area contributed by atoms with Crippen molar-refractivity contribution in [1.29, 1.82) is 0 Å². The molecule has 0 rings (SSSR count). The minimum Gasteiger partial charge on any atom is -0.313 e. The smallest absolute Gasteiger partial charge is 0.151 e. The second-order valence-electron chi connectivity index (χ2n) is 5.61. The average molecular weight is 292 g/mol. The molecule has 0 heterocycles. The third-order valence-electron chi connectivity index (χ3n) is 3.83. The molecule has 1 N–H and O–H groups in total. The van der Waals surface area contributed by atoms with Crippen LogP contribution in [0.3, 0.4) is 0 Å². The normalized spacial score (nSPS) is 15.4. The molecule has 0 aliphatic heterocycles. The Kier molecular flexibility index (Phi) is 10.6. The summed E-state index contributed by atoms with van der Waals surface area (Å²) in [5, 5.41) is 3.04. The molecule has 0 aromatic heterocycles. The topological polar surface area (TPSA) is 46.2 Å². The molecule has 0 spiro atoms. The van der Waals surface area contributed by atoms with Crippen LogP contribution in [0.4, 0.5) is 0 Å². The van der Waals surface area contributed by atoms with Crippen LogP contribution in [0.25, 0.3) is 0 Å². The number of unbranched alkanes of at least 4 members (excludes halogenated alkanes) is 6. The predicted molar refractivity (Wildman–Crippen MR) is 84.4 cm³/mol. The van der Waals surface area contributed by atoms with E-state index < -0.39 is 9.84 Å². The molecular weight excluding hydrogens is 258 g/mol. The summed E-state index contributed by atoms with van der Waals surface area (Å²) in [7, 11) is -2.94. The molecule has 0 amide bonds. The predicted octanol–water partition coefficient (Wildman–Crippen LogP) is 3.54. The maximum absolute atomic E-state index is 11.6. The van der Waals surface area contributed by atoms with Crippen LogP contribution in [0.15, 0.2) is 0 Å². The van der Waals surface area contributed by atoms with E-state index in [2.05, 4.69) is 12.2 Å². The number of rotatable bonds is 12. The second kappa shape index (κ2) is 10.7. The maximum Gasteiger partial charge on any atom is 0.151 e. The van der Waals surface area contributed by atoms with Gasteiger partial charge in [-0.25, -0.2) is 8.42 Å². The van der Waals surface area contributed by atoms with E-state index in [9.17, 15) is 8.42 Å². The summed E-state index contributed by atoms with van der Waals surface area (Å²) >= 11 is 0. The average Bonchev–Trinajstić information content (AvgIpc) is 2.34. The van der Waals surface area contributed by atoms with E-state index in [-0.39, 0.29) is 11.3 Å². The minimum atomic E-state index is -2.94. The molecule has 2 unspecified atom stereocenters. The summed E-state index contributed by atoms with van der Waals surface area (Å²) in [5.41, 5.74) is 0. The van der Waals surface area contributed by atoms with Gasteiger partial charge in [-0.15, -0.1) is 0 Å². The van der Waals surface area contributed by atoms with E-state index in [0.29, 0.717) is 0 Å². The van der Waals surface area contributed by atoms with Crippen molar-refractivity contribution >= 4 is 9.84 Å². The van der Waals surface area contributed by atoms with Crippen molar-refractivity contribution in [2.45, 2.75) is 83.4 Å². The standard InChI is InChI=1S/C15H33NO2S/c1-5-7-8-9-10-11-12-13-15(16-6-2)14(3)19(4,17)18/h14-16H,5-13H2,1-4H3. The van der Waals surface area contributed by atoms with E-state index in [1.165, 1.54) is 44.8 Å². The third-order valence-corrected chi connectivity index (χ3v) is 5.51. The summed E-state index contributed by atoms with van der Waals surface area (Å²) < 4.78 is 23.2. The molecule has 116 valence electrons.